The maximum atomic E-state index is 13.9. The average Bonchev–Trinajstić information content (AvgIpc) is 2.96. The average molecular weight is 608 g/mol. The summed E-state index contributed by atoms with van der Waals surface area (Å²) in [7, 11) is -4.53. The lowest BCUT2D eigenvalue weighted by molar-refractivity contribution is -0.140. The van der Waals surface area contributed by atoms with E-state index in [0.717, 1.165) is 18.6 Å². The fraction of sp³-hybridized carbons (Fsp3) is 0.333. The van der Waals surface area contributed by atoms with Crippen LogP contribution in [0.1, 0.15) is 44.2 Å². The standard InChI is InChI=1S/C30H33F4N3O4S/c1-3-5-18-35-29(39)27(4-2)36(20-22-14-16-24(31)17-15-22)28(38)21-37(42(40,41)26-12-7-6-8-13-26)25-11-9-10-23(19-25)30(32,33)34/h6-17,19,27H,3-5,18,20-21H2,1-2H3,(H,35,39)/t27-/m0/s1. The zero-order valence-corrected chi connectivity index (χ0v) is 24.1. The highest BCUT2D eigenvalue weighted by Crippen LogP contribution is 2.33. The summed E-state index contributed by atoms with van der Waals surface area (Å²) in [4.78, 5) is 28.0. The first-order valence-corrected chi connectivity index (χ1v) is 14.9. The van der Waals surface area contributed by atoms with Crippen LogP contribution < -0.4 is 9.62 Å². The summed E-state index contributed by atoms with van der Waals surface area (Å²) in [6.45, 7) is 2.94. The Hall–Kier alpha value is -3.93. The highest BCUT2D eigenvalue weighted by Gasteiger charge is 2.35. The van der Waals surface area contributed by atoms with Gasteiger partial charge < -0.3 is 10.2 Å². The number of nitrogens with zero attached hydrogens (tertiary/aromatic N) is 2. The smallest absolute Gasteiger partial charge is 0.354 e. The summed E-state index contributed by atoms with van der Waals surface area (Å²) in [5.41, 5.74) is -0.990. The summed E-state index contributed by atoms with van der Waals surface area (Å²) >= 11 is 0. The van der Waals surface area contributed by atoms with E-state index >= 15 is 0 Å². The van der Waals surface area contributed by atoms with Gasteiger partial charge in [0, 0.05) is 13.1 Å². The lowest BCUT2D eigenvalue weighted by atomic mass is 10.1. The van der Waals surface area contributed by atoms with Crippen molar-refractivity contribution in [3.63, 3.8) is 0 Å². The number of rotatable bonds is 13. The van der Waals surface area contributed by atoms with Gasteiger partial charge in [-0.15, -0.1) is 0 Å². The molecule has 3 aromatic carbocycles. The van der Waals surface area contributed by atoms with Crippen molar-refractivity contribution in [2.45, 2.75) is 56.8 Å². The molecule has 0 aliphatic carbocycles. The first-order chi connectivity index (χ1) is 19.9. The van der Waals surface area contributed by atoms with E-state index in [1.165, 1.54) is 59.5 Å². The first-order valence-electron chi connectivity index (χ1n) is 13.4. The molecular weight excluding hydrogens is 574 g/mol. The van der Waals surface area contributed by atoms with Crippen molar-refractivity contribution in [1.82, 2.24) is 10.2 Å². The summed E-state index contributed by atoms with van der Waals surface area (Å²) in [5, 5.41) is 2.78. The second-order valence-corrected chi connectivity index (χ2v) is 11.5. The third-order valence-corrected chi connectivity index (χ3v) is 8.34. The molecule has 0 saturated carbocycles. The van der Waals surface area contributed by atoms with Crippen LogP contribution in [0.2, 0.25) is 0 Å². The van der Waals surface area contributed by atoms with Crippen LogP contribution in [0.3, 0.4) is 0 Å². The number of sulfonamides is 1. The van der Waals surface area contributed by atoms with Gasteiger partial charge in [-0.1, -0.05) is 56.7 Å². The molecule has 0 fully saturated rings. The zero-order chi connectivity index (χ0) is 30.9. The van der Waals surface area contributed by atoms with Gasteiger partial charge in [0.1, 0.15) is 18.4 Å². The van der Waals surface area contributed by atoms with E-state index in [-0.39, 0.29) is 23.5 Å². The minimum absolute atomic E-state index is 0.166. The van der Waals surface area contributed by atoms with Crippen LogP contribution in [-0.4, -0.2) is 44.3 Å². The molecule has 0 aliphatic heterocycles. The molecule has 226 valence electrons. The Morgan fingerprint density at radius 1 is 0.929 bits per heavy atom. The predicted molar refractivity (Wildman–Crippen MR) is 151 cm³/mol. The third-order valence-electron chi connectivity index (χ3n) is 6.55. The maximum Gasteiger partial charge on any atom is 0.416 e. The third kappa shape index (κ3) is 8.31. The molecule has 2 amide bonds. The van der Waals surface area contributed by atoms with Crippen LogP contribution in [-0.2, 0) is 32.3 Å². The zero-order valence-electron chi connectivity index (χ0n) is 23.3. The molecule has 0 bridgehead atoms. The van der Waals surface area contributed by atoms with Crippen molar-refractivity contribution >= 4 is 27.5 Å². The van der Waals surface area contributed by atoms with E-state index in [1.807, 2.05) is 6.92 Å². The Bertz CT molecular complexity index is 1450. The molecule has 0 aliphatic rings. The van der Waals surface area contributed by atoms with Gasteiger partial charge in [-0.2, -0.15) is 13.2 Å². The number of anilines is 1. The molecule has 12 heteroatoms. The van der Waals surface area contributed by atoms with Gasteiger partial charge in [-0.3, -0.25) is 13.9 Å². The first kappa shape index (κ1) is 32.6. The van der Waals surface area contributed by atoms with E-state index in [1.54, 1.807) is 13.0 Å². The van der Waals surface area contributed by atoms with E-state index in [0.29, 0.717) is 28.9 Å². The fourth-order valence-electron chi connectivity index (χ4n) is 4.30. The number of hydrogen-bond donors (Lipinski definition) is 1. The fourth-order valence-corrected chi connectivity index (χ4v) is 5.73. The van der Waals surface area contributed by atoms with Crippen molar-refractivity contribution in [2.75, 3.05) is 17.4 Å². The lowest BCUT2D eigenvalue weighted by Crippen LogP contribution is -2.52. The summed E-state index contributed by atoms with van der Waals surface area (Å²) in [6, 6.07) is 14.9. The molecule has 3 rings (SSSR count). The number of nitrogens with one attached hydrogen (secondary N) is 1. The minimum Gasteiger partial charge on any atom is -0.354 e. The lowest BCUT2D eigenvalue weighted by Gasteiger charge is -2.33. The molecular formula is C30H33F4N3O4S. The molecule has 1 N–H and O–H groups in total. The number of carbonyl (C=O) groups excluding carboxylic acids is 2. The van der Waals surface area contributed by atoms with E-state index in [4.69, 9.17) is 0 Å². The molecule has 0 unspecified atom stereocenters. The van der Waals surface area contributed by atoms with Gasteiger partial charge in [0.05, 0.1) is 16.1 Å². The topological polar surface area (TPSA) is 86.8 Å². The van der Waals surface area contributed by atoms with Crippen molar-refractivity contribution in [3.05, 3.63) is 95.8 Å². The molecule has 0 radical (unpaired) electrons. The number of unbranched alkanes of at least 4 members (excludes halogenated alkanes) is 1. The normalized spacial score (nSPS) is 12.4. The monoisotopic (exact) mass is 607 g/mol. The highest BCUT2D eigenvalue weighted by atomic mass is 32.2. The van der Waals surface area contributed by atoms with Crippen LogP contribution in [0.25, 0.3) is 0 Å². The van der Waals surface area contributed by atoms with Crippen LogP contribution in [0.4, 0.5) is 23.2 Å². The second-order valence-electron chi connectivity index (χ2n) is 9.59. The Kier molecular flexibility index (Phi) is 11.1. The van der Waals surface area contributed by atoms with Crippen LogP contribution in [0.15, 0.2) is 83.8 Å². The van der Waals surface area contributed by atoms with Crippen LogP contribution in [0.5, 0.6) is 0 Å². The molecule has 0 heterocycles. The molecule has 7 nitrogen and oxygen atoms in total. The predicted octanol–water partition coefficient (Wildman–Crippen LogP) is 5.76. The van der Waals surface area contributed by atoms with Crippen molar-refractivity contribution in [3.8, 4) is 0 Å². The second kappa shape index (κ2) is 14.3. The quantitative estimate of drug-likeness (QED) is 0.198. The van der Waals surface area contributed by atoms with Gasteiger partial charge in [-0.05, 0) is 60.9 Å². The molecule has 0 saturated heterocycles. The Labute approximate surface area is 243 Å². The summed E-state index contributed by atoms with van der Waals surface area (Å²) < 4.78 is 82.4. The Morgan fingerprint density at radius 3 is 2.19 bits per heavy atom. The number of halogens is 4. The van der Waals surface area contributed by atoms with Gasteiger partial charge >= 0.3 is 6.18 Å². The van der Waals surface area contributed by atoms with Gasteiger partial charge in [0.15, 0.2) is 0 Å². The molecule has 0 spiro atoms. The number of alkyl halides is 3. The molecule has 3 aromatic rings. The van der Waals surface area contributed by atoms with Crippen LogP contribution in [0, 0.1) is 5.82 Å². The van der Waals surface area contributed by atoms with Crippen molar-refractivity contribution in [2.24, 2.45) is 0 Å². The molecule has 1 atom stereocenters. The van der Waals surface area contributed by atoms with Gasteiger partial charge in [0.2, 0.25) is 11.8 Å². The Balaban J connectivity index is 2.08. The number of amides is 2. The minimum atomic E-state index is -4.76. The highest BCUT2D eigenvalue weighted by molar-refractivity contribution is 7.92. The summed E-state index contributed by atoms with van der Waals surface area (Å²) in [6.07, 6.45) is -3.08. The maximum absolute atomic E-state index is 13.9. The summed E-state index contributed by atoms with van der Waals surface area (Å²) in [5.74, 6) is -1.79. The van der Waals surface area contributed by atoms with Crippen molar-refractivity contribution in [1.29, 1.82) is 0 Å². The van der Waals surface area contributed by atoms with E-state index in [9.17, 15) is 35.6 Å². The largest absolute Gasteiger partial charge is 0.416 e. The van der Waals surface area contributed by atoms with Crippen LogP contribution >= 0.6 is 0 Å². The number of hydrogen-bond acceptors (Lipinski definition) is 4. The van der Waals surface area contributed by atoms with E-state index < -0.39 is 52.0 Å². The number of carbonyl (C=O) groups is 2. The number of benzene rings is 3. The van der Waals surface area contributed by atoms with Crippen molar-refractivity contribution < 1.29 is 35.6 Å². The van der Waals surface area contributed by atoms with Gasteiger partial charge in [0.25, 0.3) is 10.0 Å². The van der Waals surface area contributed by atoms with Gasteiger partial charge in [-0.25, -0.2) is 12.8 Å². The Morgan fingerprint density at radius 2 is 1.60 bits per heavy atom. The van der Waals surface area contributed by atoms with E-state index in [2.05, 4.69) is 5.32 Å². The molecule has 0 aromatic heterocycles. The molecule has 42 heavy (non-hydrogen) atoms. The SMILES string of the molecule is CCCCNC(=O)[C@H](CC)N(Cc1ccc(F)cc1)C(=O)CN(c1cccc(C(F)(F)F)c1)S(=O)(=O)c1ccccc1.